The first-order valence-corrected chi connectivity index (χ1v) is 12.4. The molecule has 34 heavy (non-hydrogen) atoms. The molecule has 0 radical (unpaired) electrons. The van der Waals surface area contributed by atoms with Crippen molar-refractivity contribution in [1.29, 1.82) is 0 Å². The molecule has 3 aromatic rings. The van der Waals surface area contributed by atoms with Crippen LogP contribution in [0.1, 0.15) is 17.5 Å². The zero-order valence-electron chi connectivity index (χ0n) is 19.7. The Bertz CT molecular complexity index is 1210. The zero-order valence-corrected chi connectivity index (χ0v) is 20.5. The Kier molecular flexibility index (Phi) is 8.54. The van der Waals surface area contributed by atoms with Crippen LogP contribution < -0.4 is 19.1 Å². The van der Waals surface area contributed by atoms with Crippen molar-refractivity contribution in [2.45, 2.75) is 24.7 Å². The van der Waals surface area contributed by atoms with Crippen molar-refractivity contribution in [3.05, 3.63) is 83.9 Å². The summed E-state index contributed by atoms with van der Waals surface area (Å²) in [6.07, 6.45) is 1.42. The van der Waals surface area contributed by atoms with Gasteiger partial charge in [0.2, 0.25) is 5.91 Å². The smallest absolute Gasteiger partial charge is 0.264 e. The Morgan fingerprint density at radius 2 is 1.68 bits per heavy atom. The highest BCUT2D eigenvalue weighted by atomic mass is 32.2. The van der Waals surface area contributed by atoms with E-state index in [1.807, 2.05) is 31.2 Å². The minimum absolute atomic E-state index is 0.116. The molecule has 0 aromatic heterocycles. The van der Waals surface area contributed by atoms with Crippen LogP contribution in [0, 0.1) is 6.92 Å². The summed E-state index contributed by atoms with van der Waals surface area (Å²) in [7, 11) is -0.840. The van der Waals surface area contributed by atoms with Crippen LogP contribution in [0.2, 0.25) is 0 Å². The van der Waals surface area contributed by atoms with Crippen molar-refractivity contribution >= 4 is 21.6 Å². The maximum atomic E-state index is 13.5. The Morgan fingerprint density at radius 3 is 2.38 bits per heavy atom. The number of ether oxygens (including phenoxy) is 2. The molecule has 0 aliphatic rings. The first-order chi connectivity index (χ1) is 16.3. The van der Waals surface area contributed by atoms with Crippen LogP contribution >= 0.6 is 0 Å². The van der Waals surface area contributed by atoms with Gasteiger partial charge >= 0.3 is 0 Å². The molecule has 0 spiro atoms. The molecule has 180 valence electrons. The lowest BCUT2D eigenvalue weighted by Gasteiger charge is -2.24. The summed E-state index contributed by atoms with van der Waals surface area (Å²) < 4.78 is 38.6. The molecule has 0 atom stereocenters. The highest BCUT2D eigenvalue weighted by Gasteiger charge is 2.27. The van der Waals surface area contributed by atoms with Crippen molar-refractivity contribution in [3.8, 4) is 11.5 Å². The van der Waals surface area contributed by atoms with E-state index in [0.717, 1.165) is 27.6 Å². The van der Waals surface area contributed by atoms with E-state index in [4.69, 9.17) is 9.47 Å². The van der Waals surface area contributed by atoms with Crippen LogP contribution in [-0.4, -0.2) is 41.6 Å². The fourth-order valence-electron chi connectivity index (χ4n) is 3.52. The first kappa shape index (κ1) is 25.1. The standard InChI is InChI=1S/C26H30N2O5S/c1-20-13-15-24(16-14-20)34(30,31)28(22-10-6-11-23(18-22)32-2)19-26(29)27-17-7-9-21-8-4-5-12-25(21)33-3/h4-6,8,10-16,18H,7,9,17,19H2,1-3H3,(H,27,29). The van der Waals surface area contributed by atoms with E-state index in [1.165, 1.54) is 7.11 Å². The summed E-state index contributed by atoms with van der Waals surface area (Å²) in [5, 5.41) is 2.83. The van der Waals surface area contributed by atoms with Gasteiger partial charge in [0.05, 0.1) is 24.8 Å². The molecule has 0 unspecified atom stereocenters. The number of amides is 1. The lowest BCUT2D eigenvalue weighted by atomic mass is 10.1. The van der Waals surface area contributed by atoms with Gasteiger partial charge in [0.25, 0.3) is 10.0 Å². The lowest BCUT2D eigenvalue weighted by Crippen LogP contribution is -2.41. The van der Waals surface area contributed by atoms with E-state index in [0.29, 0.717) is 24.4 Å². The SMILES string of the molecule is COc1cccc(N(CC(=O)NCCCc2ccccc2OC)S(=O)(=O)c2ccc(C)cc2)c1. The van der Waals surface area contributed by atoms with Gasteiger partial charge in [-0.3, -0.25) is 9.10 Å². The quantitative estimate of drug-likeness (QED) is 0.418. The van der Waals surface area contributed by atoms with Gasteiger partial charge in [-0.2, -0.15) is 0 Å². The van der Waals surface area contributed by atoms with E-state index in [1.54, 1.807) is 55.6 Å². The Balaban J connectivity index is 1.73. The number of sulfonamides is 1. The number of nitrogens with one attached hydrogen (secondary N) is 1. The number of methoxy groups -OCH3 is 2. The second-order valence-electron chi connectivity index (χ2n) is 7.79. The van der Waals surface area contributed by atoms with Crippen LogP contribution in [-0.2, 0) is 21.2 Å². The minimum atomic E-state index is -3.97. The van der Waals surface area contributed by atoms with Gasteiger partial charge in [-0.1, -0.05) is 42.0 Å². The third kappa shape index (κ3) is 6.29. The van der Waals surface area contributed by atoms with Gasteiger partial charge in [0.1, 0.15) is 18.0 Å². The second kappa shape index (κ2) is 11.6. The number of benzene rings is 3. The Labute approximate surface area is 201 Å². The summed E-state index contributed by atoms with van der Waals surface area (Å²) in [5.41, 5.74) is 2.35. The molecule has 3 rings (SSSR count). The van der Waals surface area contributed by atoms with Gasteiger partial charge in [0.15, 0.2) is 0 Å². The molecule has 0 heterocycles. The van der Waals surface area contributed by atoms with Crippen molar-refractivity contribution in [1.82, 2.24) is 5.32 Å². The lowest BCUT2D eigenvalue weighted by molar-refractivity contribution is -0.119. The molecule has 0 bridgehead atoms. The number of hydrogen-bond donors (Lipinski definition) is 1. The molecule has 0 aliphatic heterocycles. The zero-order chi connectivity index (χ0) is 24.6. The summed E-state index contributed by atoms with van der Waals surface area (Å²) >= 11 is 0. The Hall–Kier alpha value is -3.52. The summed E-state index contributed by atoms with van der Waals surface area (Å²) in [5.74, 6) is 0.916. The van der Waals surface area contributed by atoms with Gasteiger partial charge < -0.3 is 14.8 Å². The average Bonchev–Trinajstić information content (AvgIpc) is 2.85. The van der Waals surface area contributed by atoms with E-state index in [2.05, 4.69) is 5.32 Å². The maximum Gasteiger partial charge on any atom is 0.264 e. The van der Waals surface area contributed by atoms with Gasteiger partial charge in [-0.15, -0.1) is 0 Å². The van der Waals surface area contributed by atoms with Crippen LogP contribution in [0.15, 0.2) is 77.7 Å². The van der Waals surface area contributed by atoms with Crippen molar-refractivity contribution < 1.29 is 22.7 Å². The number of para-hydroxylation sites is 1. The highest BCUT2D eigenvalue weighted by Crippen LogP contribution is 2.27. The molecule has 7 nitrogen and oxygen atoms in total. The number of hydrogen-bond acceptors (Lipinski definition) is 5. The summed E-state index contributed by atoms with van der Waals surface area (Å²) in [4.78, 5) is 12.9. The number of carbonyl (C=O) groups excluding carboxylic acids is 1. The number of anilines is 1. The summed E-state index contributed by atoms with van der Waals surface area (Å²) in [6, 6.07) is 20.9. The minimum Gasteiger partial charge on any atom is -0.497 e. The number of nitrogens with zero attached hydrogens (tertiary/aromatic N) is 1. The molecular weight excluding hydrogens is 452 g/mol. The molecule has 1 N–H and O–H groups in total. The van der Waals surface area contributed by atoms with Crippen molar-refractivity contribution in [2.75, 3.05) is 31.6 Å². The van der Waals surface area contributed by atoms with E-state index in [9.17, 15) is 13.2 Å². The molecular formula is C26H30N2O5S. The van der Waals surface area contributed by atoms with Gasteiger partial charge in [0, 0.05) is 12.6 Å². The third-order valence-electron chi connectivity index (χ3n) is 5.38. The second-order valence-corrected chi connectivity index (χ2v) is 9.65. The maximum absolute atomic E-state index is 13.5. The molecule has 0 aliphatic carbocycles. The molecule has 8 heteroatoms. The molecule has 0 fully saturated rings. The number of aryl methyl sites for hydroxylation is 2. The normalized spacial score (nSPS) is 11.0. The van der Waals surface area contributed by atoms with Gasteiger partial charge in [-0.25, -0.2) is 8.42 Å². The largest absolute Gasteiger partial charge is 0.497 e. The van der Waals surface area contributed by atoms with E-state index in [-0.39, 0.29) is 11.4 Å². The van der Waals surface area contributed by atoms with Gasteiger partial charge in [-0.05, 0) is 55.7 Å². The third-order valence-corrected chi connectivity index (χ3v) is 7.16. The molecule has 0 saturated heterocycles. The fourth-order valence-corrected chi connectivity index (χ4v) is 4.93. The van der Waals surface area contributed by atoms with Crippen LogP contribution in [0.5, 0.6) is 11.5 Å². The van der Waals surface area contributed by atoms with E-state index < -0.39 is 15.9 Å². The van der Waals surface area contributed by atoms with E-state index >= 15 is 0 Å². The molecule has 3 aromatic carbocycles. The first-order valence-electron chi connectivity index (χ1n) is 11.0. The fraction of sp³-hybridized carbons (Fsp3) is 0.269. The number of carbonyl (C=O) groups is 1. The van der Waals surface area contributed by atoms with Crippen LogP contribution in [0.3, 0.4) is 0 Å². The van der Waals surface area contributed by atoms with Crippen molar-refractivity contribution in [3.63, 3.8) is 0 Å². The molecule has 1 amide bonds. The topological polar surface area (TPSA) is 84.9 Å². The predicted octanol–water partition coefficient (Wildman–Crippen LogP) is 3.96. The molecule has 0 saturated carbocycles. The highest BCUT2D eigenvalue weighted by molar-refractivity contribution is 7.92. The Morgan fingerprint density at radius 1 is 0.941 bits per heavy atom. The average molecular weight is 483 g/mol. The predicted molar refractivity (Wildman–Crippen MR) is 133 cm³/mol. The van der Waals surface area contributed by atoms with Crippen LogP contribution in [0.4, 0.5) is 5.69 Å². The monoisotopic (exact) mass is 482 g/mol. The van der Waals surface area contributed by atoms with Crippen LogP contribution in [0.25, 0.3) is 0 Å². The summed E-state index contributed by atoms with van der Waals surface area (Å²) in [6.45, 7) is 1.94. The van der Waals surface area contributed by atoms with Crippen molar-refractivity contribution in [2.24, 2.45) is 0 Å². The number of rotatable bonds is 11.